The molecule has 2 aromatic rings. The van der Waals surface area contributed by atoms with Crippen LogP contribution in [-0.4, -0.2) is 70.6 Å². The molecule has 0 radical (unpaired) electrons. The summed E-state index contributed by atoms with van der Waals surface area (Å²) in [7, 11) is 1.63. The van der Waals surface area contributed by atoms with E-state index in [-0.39, 0.29) is 42.3 Å². The van der Waals surface area contributed by atoms with Gasteiger partial charge in [-0.1, -0.05) is 25.1 Å². The Morgan fingerprint density at radius 3 is 2.85 bits per heavy atom. The fourth-order valence-corrected chi connectivity index (χ4v) is 3.81. The highest BCUT2D eigenvalue weighted by molar-refractivity contribution is 5.97. The number of aliphatic hydroxyl groups excluding tert-OH is 1. The average molecular weight is 456 g/mol. The SMILES string of the molecule is C/C=C/c1cnc2c(c1)C(=O)N([C@H](C)CO)C[C@@H](C)[C@H](CN(C)C(=O)c1cccc(F)c1)O2. The van der Waals surface area contributed by atoms with E-state index in [1.165, 1.54) is 23.1 Å². The van der Waals surface area contributed by atoms with Gasteiger partial charge in [0.2, 0.25) is 5.88 Å². The molecule has 3 atom stereocenters. The van der Waals surface area contributed by atoms with Gasteiger partial charge in [0.25, 0.3) is 11.8 Å². The van der Waals surface area contributed by atoms with E-state index in [4.69, 9.17) is 4.74 Å². The summed E-state index contributed by atoms with van der Waals surface area (Å²) in [6.07, 6.45) is 4.83. The third-order valence-corrected chi connectivity index (χ3v) is 5.77. The van der Waals surface area contributed by atoms with E-state index in [9.17, 15) is 19.1 Å². The van der Waals surface area contributed by atoms with E-state index < -0.39 is 18.0 Å². The van der Waals surface area contributed by atoms with E-state index in [2.05, 4.69) is 4.98 Å². The maximum absolute atomic E-state index is 13.6. The van der Waals surface area contributed by atoms with Crippen LogP contribution in [0.1, 0.15) is 47.1 Å². The molecule has 0 spiro atoms. The molecule has 1 N–H and O–H groups in total. The van der Waals surface area contributed by atoms with Crippen LogP contribution in [0.25, 0.3) is 6.08 Å². The largest absolute Gasteiger partial charge is 0.472 e. The number of halogens is 1. The van der Waals surface area contributed by atoms with E-state index in [1.807, 2.05) is 26.0 Å². The van der Waals surface area contributed by atoms with E-state index in [0.29, 0.717) is 12.1 Å². The van der Waals surface area contributed by atoms with Crippen molar-refractivity contribution in [1.29, 1.82) is 0 Å². The molecule has 2 heterocycles. The van der Waals surface area contributed by atoms with Crippen LogP contribution in [0.4, 0.5) is 4.39 Å². The van der Waals surface area contributed by atoms with Crippen molar-refractivity contribution in [3.05, 3.63) is 65.1 Å². The quantitative estimate of drug-likeness (QED) is 0.723. The van der Waals surface area contributed by atoms with Gasteiger partial charge in [0.1, 0.15) is 17.5 Å². The number of hydrogen-bond donors (Lipinski definition) is 1. The van der Waals surface area contributed by atoms with E-state index in [1.54, 1.807) is 37.2 Å². The maximum Gasteiger partial charge on any atom is 0.259 e. The van der Waals surface area contributed by atoms with Crippen LogP contribution in [0.15, 0.2) is 42.6 Å². The van der Waals surface area contributed by atoms with Gasteiger partial charge in [-0.3, -0.25) is 9.59 Å². The van der Waals surface area contributed by atoms with Crippen LogP contribution in [0.2, 0.25) is 0 Å². The molecule has 1 aromatic heterocycles. The first-order valence-corrected chi connectivity index (χ1v) is 11.0. The fourth-order valence-electron chi connectivity index (χ4n) is 3.81. The maximum atomic E-state index is 13.6. The molecule has 3 rings (SSSR count). The van der Waals surface area contributed by atoms with Crippen molar-refractivity contribution in [2.75, 3.05) is 26.7 Å². The van der Waals surface area contributed by atoms with Crippen LogP contribution in [-0.2, 0) is 0 Å². The number of pyridine rings is 1. The molecule has 33 heavy (non-hydrogen) atoms. The van der Waals surface area contributed by atoms with Crippen molar-refractivity contribution in [3.8, 4) is 5.88 Å². The fraction of sp³-hybridized carbons (Fsp3) is 0.400. The van der Waals surface area contributed by atoms with E-state index in [0.717, 1.165) is 5.56 Å². The number of ether oxygens (including phenoxy) is 1. The molecule has 0 aliphatic carbocycles. The second kappa shape index (κ2) is 10.6. The van der Waals surface area contributed by atoms with Gasteiger partial charge in [-0.15, -0.1) is 0 Å². The summed E-state index contributed by atoms with van der Waals surface area (Å²) in [5.74, 6) is -1.06. The highest BCUT2D eigenvalue weighted by atomic mass is 19.1. The minimum absolute atomic E-state index is 0.170. The van der Waals surface area contributed by atoms with Crippen molar-refractivity contribution in [2.24, 2.45) is 5.92 Å². The number of amides is 2. The number of rotatable bonds is 6. The van der Waals surface area contributed by atoms with Crippen LogP contribution in [0.3, 0.4) is 0 Å². The topological polar surface area (TPSA) is 83.0 Å². The number of aliphatic hydroxyl groups is 1. The number of nitrogens with zero attached hydrogens (tertiary/aromatic N) is 3. The van der Waals surface area contributed by atoms with Gasteiger partial charge in [0.15, 0.2) is 0 Å². The summed E-state index contributed by atoms with van der Waals surface area (Å²) < 4.78 is 19.8. The van der Waals surface area contributed by atoms with Crippen LogP contribution in [0, 0.1) is 11.7 Å². The minimum Gasteiger partial charge on any atom is -0.472 e. The molecular weight excluding hydrogens is 425 g/mol. The van der Waals surface area contributed by atoms with Crippen LogP contribution in [0.5, 0.6) is 5.88 Å². The third kappa shape index (κ3) is 5.57. The summed E-state index contributed by atoms with van der Waals surface area (Å²) in [4.78, 5) is 33.6. The van der Waals surface area contributed by atoms with Crippen molar-refractivity contribution in [2.45, 2.75) is 32.9 Å². The summed E-state index contributed by atoms with van der Waals surface area (Å²) in [6.45, 7) is 5.95. The monoisotopic (exact) mass is 455 g/mol. The Kier molecular flexibility index (Phi) is 7.81. The molecular formula is C25H30FN3O4. The Morgan fingerprint density at radius 1 is 1.42 bits per heavy atom. The number of likely N-dealkylation sites (N-methyl/N-ethyl adjacent to an activating group) is 1. The van der Waals surface area contributed by atoms with Crippen LogP contribution < -0.4 is 4.74 Å². The Balaban J connectivity index is 1.93. The first-order valence-electron chi connectivity index (χ1n) is 11.0. The summed E-state index contributed by atoms with van der Waals surface area (Å²) >= 11 is 0. The predicted molar refractivity (Wildman–Crippen MR) is 123 cm³/mol. The Labute approximate surface area is 193 Å². The molecule has 7 nitrogen and oxygen atoms in total. The molecule has 1 aliphatic heterocycles. The molecule has 2 amide bonds. The lowest BCUT2D eigenvalue weighted by Crippen LogP contribution is -2.50. The zero-order valence-corrected chi connectivity index (χ0v) is 19.4. The minimum atomic E-state index is -0.480. The van der Waals surface area contributed by atoms with Gasteiger partial charge in [-0.05, 0) is 43.7 Å². The Hall–Kier alpha value is -3.26. The zero-order valence-electron chi connectivity index (χ0n) is 19.4. The second-order valence-corrected chi connectivity index (χ2v) is 8.44. The number of carbonyl (C=O) groups excluding carboxylic acids is 2. The average Bonchev–Trinajstić information content (AvgIpc) is 2.80. The summed E-state index contributed by atoms with van der Waals surface area (Å²) in [6, 6.07) is 6.86. The lowest BCUT2D eigenvalue weighted by molar-refractivity contribution is 0.0313. The normalized spacial score (nSPS) is 19.5. The molecule has 8 heteroatoms. The molecule has 0 bridgehead atoms. The van der Waals surface area contributed by atoms with Gasteiger partial charge >= 0.3 is 0 Å². The lowest BCUT2D eigenvalue weighted by atomic mass is 9.99. The molecule has 0 saturated carbocycles. The lowest BCUT2D eigenvalue weighted by Gasteiger charge is -2.37. The number of hydrogen-bond acceptors (Lipinski definition) is 5. The molecule has 176 valence electrons. The Bertz CT molecular complexity index is 1040. The van der Waals surface area contributed by atoms with Crippen molar-refractivity contribution in [1.82, 2.24) is 14.8 Å². The highest BCUT2D eigenvalue weighted by Crippen LogP contribution is 2.28. The van der Waals surface area contributed by atoms with Gasteiger partial charge in [0.05, 0.1) is 19.2 Å². The Morgan fingerprint density at radius 2 is 2.18 bits per heavy atom. The first kappa shape index (κ1) is 24.4. The third-order valence-electron chi connectivity index (χ3n) is 5.77. The number of aromatic nitrogens is 1. The number of carbonyl (C=O) groups is 2. The standard InChI is InChI=1S/C25H30FN3O4/c1-5-7-18-10-21-23(27-12-18)33-22(16(2)13-29(25(21)32)17(3)15-30)14-28(4)24(31)19-8-6-9-20(26)11-19/h5-12,16-17,22,30H,13-15H2,1-4H3/b7-5+/t16-,17-,22+/m1/s1. The van der Waals surface area contributed by atoms with E-state index >= 15 is 0 Å². The summed E-state index contributed by atoms with van der Waals surface area (Å²) in [5, 5.41) is 9.74. The molecule has 1 aromatic carbocycles. The van der Waals surface area contributed by atoms with Crippen molar-refractivity contribution >= 4 is 17.9 Å². The highest BCUT2D eigenvalue weighted by Gasteiger charge is 2.34. The molecule has 0 unspecified atom stereocenters. The van der Waals surface area contributed by atoms with Gasteiger partial charge in [-0.25, -0.2) is 9.37 Å². The van der Waals surface area contributed by atoms with Crippen molar-refractivity contribution in [3.63, 3.8) is 0 Å². The molecule has 0 fully saturated rings. The number of benzene rings is 1. The van der Waals surface area contributed by atoms with Gasteiger partial charge < -0.3 is 19.6 Å². The smallest absolute Gasteiger partial charge is 0.259 e. The van der Waals surface area contributed by atoms with Gasteiger partial charge in [-0.2, -0.15) is 0 Å². The predicted octanol–water partition coefficient (Wildman–Crippen LogP) is 3.25. The van der Waals surface area contributed by atoms with Crippen LogP contribution >= 0.6 is 0 Å². The summed E-state index contributed by atoms with van der Waals surface area (Å²) in [5.41, 5.74) is 1.31. The molecule has 0 saturated heterocycles. The second-order valence-electron chi connectivity index (χ2n) is 8.44. The van der Waals surface area contributed by atoms with Crippen molar-refractivity contribution < 1.29 is 23.8 Å². The molecule has 1 aliphatic rings. The zero-order chi connectivity index (χ0) is 24.1. The first-order chi connectivity index (χ1) is 15.7. The van der Waals surface area contributed by atoms with Gasteiger partial charge in [0, 0.05) is 31.3 Å². The number of allylic oxidation sites excluding steroid dienone is 1. The number of fused-ring (bicyclic) bond motifs is 1.